The van der Waals surface area contributed by atoms with Crippen molar-refractivity contribution in [2.45, 2.75) is 30.5 Å². The summed E-state index contributed by atoms with van der Waals surface area (Å²) in [6, 6.07) is 24.2. The van der Waals surface area contributed by atoms with Crippen molar-refractivity contribution >= 4 is 37.0 Å². The summed E-state index contributed by atoms with van der Waals surface area (Å²) in [5, 5.41) is 1.24. The summed E-state index contributed by atoms with van der Waals surface area (Å²) < 4.78 is 24.1. The minimum Gasteiger partial charge on any atom is -0.466 e. The Morgan fingerprint density at radius 2 is 1.68 bits per heavy atom. The molecular weight excluding hydrogens is 427 g/mol. The molecule has 0 spiro atoms. The van der Waals surface area contributed by atoms with Gasteiger partial charge < -0.3 is 14.0 Å². The average Bonchev–Trinajstić information content (AvgIpc) is 2.81. The van der Waals surface area contributed by atoms with E-state index >= 15 is 0 Å². The standard InChI is InChI=1S/C25H29O4PS/c1-3-28-24(26)23(16-19-10-6-5-7-11-19)25(30-27,29-4-2)18-31-22-15-14-20-12-8-9-13-21(20)17-22/h5-15,17,23H,3-4,16,18,30H2,1-2H3. The molecule has 0 radical (unpaired) electrons. The third-order valence-electron chi connectivity index (χ3n) is 5.24. The molecule has 4 nitrogen and oxygen atoms in total. The van der Waals surface area contributed by atoms with Crippen molar-refractivity contribution in [2.75, 3.05) is 19.0 Å². The van der Waals surface area contributed by atoms with Gasteiger partial charge in [0.05, 0.1) is 21.0 Å². The molecule has 3 aromatic rings. The van der Waals surface area contributed by atoms with Crippen molar-refractivity contribution in [1.82, 2.24) is 0 Å². The first-order valence-corrected chi connectivity index (χ1v) is 12.6. The quantitative estimate of drug-likeness (QED) is 0.206. The average molecular weight is 457 g/mol. The van der Waals surface area contributed by atoms with Gasteiger partial charge in [-0.3, -0.25) is 4.79 Å². The number of carbonyl (C=O) groups excluding carboxylic acids is 1. The van der Waals surface area contributed by atoms with Gasteiger partial charge in [-0.25, -0.2) is 0 Å². The maximum Gasteiger partial charge on any atom is 0.312 e. The van der Waals surface area contributed by atoms with Crippen molar-refractivity contribution in [3.8, 4) is 0 Å². The topological polar surface area (TPSA) is 52.6 Å². The fourth-order valence-electron chi connectivity index (χ4n) is 3.66. The van der Waals surface area contributed by atoms with Gasteiger partial charge in [0.25, 0.3) is 0 Å². The number of rotatable bonds is 11. The molecule has 0 N–H and O–H groups in total. The first-order chi connectivity index (χ1) is 15.1. The van der Waals surface area contributed by atoms with E-state index in [2.05, 4.69) is 30.3 Å². The van der Waals surface area contributed by atoms with E-state index < -0.39 is 19.7 Å². The summed E-state index contributed by atoms with van der Waals surface area (Å²) in [5.41, 5.74) is 0.994. The summed E-state index contributed by atoms with van der Waals surface area (Å²) in [5.74, 6) is -0.591. The Labute approximate surface area is 189 Å². The van der Waals surface area contributed by atoms with E-state index in [0.29, 0.717) is 18.8 Å². The molecule has 0 amide bonds. The second-order valence-electron chi connectivity index (χ2n) is 7.30. The van der Waals surface area contributed by atoms with E-state index in [0.717, 1.165) is 15.8 Å². The van der Waals surface area contributed by atoms with Gasteiger partial charge in [-0.1, -0.05) is 60.7 Å². The zero-order chi connectivity index (χ0) is 22.1. The Morgan fingerprint density at radius 3 is 2.35 bits per heavy atom. The fraction of sp³-hybridized carbons (Fsp3) is 0.320. The van der Waals surface area contributed by atoms with Gasteiger partial charge in [0.15, 0.2) is 0 Å². The number of hydrogen-bond acceptors (Lipinski definition) is 5. The molecule has 164 valence electrons. The predicted molar refractivity (Wildman–Crippen MR) is 130 cm³/mol. The van der Waals surface area contributed by atoms with Crippen LogP contribution in [0.15, 0.2) is 77.7 Å². The monoisotopic (exact) mass is 456 g/mol. The van der Waals surface area contributed by atoms with Crippen LogP contribution in [0.2, 0.25) is 0 Å². The van der Waals surface area contributed by atoms with E-state index in [-0.39, 0.29) is 12.6 Å². The molecule has 0 bridgehead atoms. The highest BCUT2D eigenvalue weighted by Crippen LogP contribution is 2.41. The summed E-state index contributed by atoms with van der Waals surface area (Å²) >= 11 is 1.57. The van der Waals surface area contributed by atoms with Crippen molar-refractivity contribution < 1.29 is 18.8 Å². The molecule has 0 aliphatic carbocycles. The molecule has 3 rings (SSSR count). The highest BCUT2D eigenvalue weighted by Gasteiger charge is 2.44. The largest absolute Gasteiger partial charge is 0.466 e. The molecule has 0 saturated heterocycles. The Kier molecular flexibility index (Phi) is 8.77. The zero-order valence-electron chi connectivity index (χ0n) is 18.0. The van der Waals surface area contributed by atoms with Gasteiger partial charge in [0.1, 0.15) is 5.34 Å². The number of benzene rings is 3. The summed E-state index contributed by atoms with van der Waals surface area (Å²) in [6.45, 7) is 4.31. The molecule has 0 aliphatic heterocycles. The molecule has 0 heterocycles. The van der Waals surface area contributed by atoms with E-state index in [1.54, 1.807) is 18.7 Å². The summed E-state index contributed by atoms with van der Waals surface area (Å²) in [4.78, 5) is 14.0. The minimum atomic E-state index is -1.38. The Morgan fingerprint density at radius 1 is 0.968 bits per heavy atom. The molecule has 6 heteroatoms. The molecular formula is C25H29O4PS. The lowest BCUT2D eigenvalue weighted by Gasteiger charge is -2.35. The summed E-state index contributed by atoms with van der Waals surface area (Å²) in [7, 11) is -1.38. The molecule has 31 heavy (non-hydrogen) atoms. The van der Waals surface area contributed by atoms with Crippen molar-refractivity contribution in [3.05, 3.63) is 78.4 Å². The van der Waals surface area contributed by atoms with Gasteiger partial charge in [-0.05, 0) is 48.7 Å². The van der Waals surface area contributed by atoms with E-state index in [9.17, 15) is 9.36 Å². The Balaban J connectivity index is 1.90. The van der Waals surface area contributed by atoms with Gasteiger partial charge >= 0.3 is 5.97 Å². The number of carbonyl (C=O) groups is 1. The summed E-state index contributed by atoms with van der Waals surface area (Å²) in [6.07, 6.45) is 0.424. The van der Waals surface area contributed by atoms with Crippen LogP contribution in [-0.2, 0) is 25.3 Å². The van der Waals surface area contributed by atoms with Crippen LogP contribution in [0.1, 0.15) is 19.4 Å². The molecule has 0 aromatic heterocycles. The molecule has 3 unspecified atom stereocenters. The van der Waals surface area contributed by atoms with Crippen LogP contribution in [0.25, 0.3) is 10.8 Å². The Hall–Kier alpha value is -2.07. The molecule has 0 fully saturated rings. The molecule has 0 aliphatic rings. The normalized spacial score (nSPS) is 14.5. The van der Waals surface area contributed by atoms with E-state index in [4.69, 9.17) is 9.47 Å². The van der Waals surface area contributed by atoms with Crippen molar-refractivity contribution in [1.29, 1.82) is 0 Å². The highest BCUT2D eigenvalue weighted by molar-refractivity contribution is 7.99. The smallest absolute Gasteiger partial charge is 0.312 e. The van der Waals surface area contributed by atoms with Gasteiger partial charge in [0, 0.05) is 17.3 Å². The Bertz CT molecular complexity index is 1010. The minimum absolute atomic E-state index is 0.276. The van der Waals surface area contributed by atoms with Crippen LogP contribution in [0.5, 0.6) is 0 Å². The van der Waals surface area contributed by atoms with E-state index in [1.165, 1.54) is 5.39 Å². The van der Waals surface area contributed by atoms with Crippen molar-refractivity contribution in [3.63, 3.8) is 0 Å². The molecule has 3 aromatic carbocycles. The lowest BCUT2D eigenvalue weighted by molar-refractivity contribution is -0.155. The van der Waals surface area contributed by atoms with E-state index in [1.807, 2.05) is 49.4 Å². The van der Waals surface area contributed by atoms with Crippen LogP contribution in [0.4, 0.5) is 0 Å². The second kappa shape index (κ2) is 11.5. The maximum absolute atomic E-state index is 13.0. The highest BCUT2D eigenvalue weighted by atomic mass is 32.2. The van der Waals surface area contributed by atoms with Crippen LogP contribution in [0, 0.1) is 5.92 Å². The van der Waals surface area contributed by atoms with Gasteiger partial charge in [-0.15, -0.1) is 11.8 Å². The zero-order valence-corrected chi connectivity index (χ0v) is 19.9. The first kappa shape index (κ1) is 23.6. The van der Waals surface area contributed by atoms with Gasteiger partial charge in [0.2, 0.25) is 0 Å². The SMILES string of the molecule is CCOC(=O)C(Cc1ccccc1)C(CSc1ccc2ccccc2c1)(OCC)[PH2]=O. The van der Waals surface area contributed by atoms with Crippen LogP contribution >= 0.6 is 20.2 Å². The van der Waals surface area contributed by atoms with Crippen LogP contribution in [-0.4, -0.2) is 30.3 Å². The second-order valence-corrected chi connectivity index (χ2v) is 9.56. The lowest BCUT2D eigenvalue weighted by atomic mass is 9.94. The van der Waals surface area contributed by atoms with Gasteiger partial charge in [-0.2, -0.15) is 0 Å². The first-order valence-electron chi connectivity index (χ1n) is 10.5. The fourth-order valence-corrected chi connectivity index (χ4v) is 5.89. The maximum atomic E-state index is 13.0. The number of fused-ring (bicyclic) bond motifs is 1. The van der Waals surface area contributed by atoms with Crippen LogP contribution < -0.4 is 0 Å². The van der Waals surface area contributed by atoms with Crippen LogP contribution in [0.3, 0.4) is 0 Å². The number of ether oxygens (including phenoxy) is 2. The molecule has 0 saturated carbocycles. The number of esters is 1. The van der Waals surface area contributed by atoms with Crippen molar-refractivity contribution in [2.24, 2.45) is 5.92 Å². The predicted octanol–water partition coefficient (Wildman–Crippen LogP) is 5.84. The third kappa shape index (κ3) is 6.00. The number of hydrogen-bond donors (Lipinski definition) is 0. The third-order valence-corrected chi connectivity index (χ3v) is 7.89. The molecule has 3 atom stereocenters. The number of thioether (sulfide) groups is 1. The lowest BCUT2D eigenvalue weighted by Crippen LogP contribution is -2.44.